The van der Waals surface area contributed by atoms with Gasteiger partial charge in [0, 0.05) is 19.7 Å². The molecule has 2 aliphatic heterocycles. The molecule has 1 amide bonds. The number of amides is 1. The number of aliphatic hydroxyl groups is 1. The van der Waals surface area contributed by atoms with Crippen molar-refractivity contribution in [1.82, 2.24) is 10.2 Å². The number of rotatable bonds is 3. The zero-order valence-corrected chi connectivity index (χ0v) is 8.87. The third kappa shape index (κ3) is 2.23. The zero-order valence-electron chi connectivity index (χ0n) is 8.87. The number of carbonyl (C=O) groups is 1. The van der Waals surface area contributed by atoms with E-state index in [0.717, 1.165) is 25.9 Å². The van der Waals surface area contributed by atoms with Crippen LogP contribution in [0.2, 0.25) is 0 Å². The standard InChI is InChI=1S/C10H18N2O3/c13-6-2-5-12-8-10(15-9(12)14)3-1-4-11-7-10/h11,13H,1-8H2. The maximum atomic E-state index is 11.5. The van der Waals surface area contributed by atoms with E-state index in [-0.39, 0.29) is 18.3 Å². The van der Waals surface area contributed by atoms with Crippen LogP contribution in [0.15, 0.2) is 0 Å². The van der Waals surface area contributed by atoms with Crippen LogP contribution in [0, 0.1) is 0 Å². The predicted molar refractivity (Wildman–Crippen MR) is 54.6 cm³/mol. The third-order valence-electron chi connectivity index (χ3n) is 3.06. The number of aliphatic hydroxyl groups excluding tert-OH is 1. The SMILES string of the molecule is O=C1OC2(CCCNC2)CN1CCCO. The minimum Gasteiger partial charge on any atom is -0.440 e. The van der Waals surface area contributed by atoms with E-state index in [4.69, 9.17) is 9.84 Å². The summed E-state index contributed by atoms with van der Waals surface area (Å²) in [7, 11) is 0. The Hall–Kier alpha value is -0.810. The van der Waals surface area contributed by atoms with Gasteiger partial charge in [0.1, 0.15) is 5.60 Å². The summed E-state index contributed by atoms with van der Waals surface area (Å²) < 4.78 is 5.44. The van der Waals surface area contributed by atoms with Gasteiger partial charge in [-0.15, -0.1) is 0 Å². The molecule has 0 aromatic rings. The van der Waals surface area contributed by atoms with Gasteiger partial charge < -0.3 is 20.1 Å². The molecule has 2 fully saturated rings. The molecule has 0 bridgehead atoms. The molecule has 0 radical (unpaired) electrons. The van der Waals surface area contributed by atoms with Crippen molar-refractivity contribution >= 4 is 6.09 Å². The Morgan fingerprint density at radius 1 is 1.60 bits per heavy atom. The third-order valence-corrected chi connectivity index (χ3v) is 3.06. The van der Waals surface area contributed by atoms with Gasteiger partial charge in [0.2, 0.25) is 0 Å². The highest BCUT2D eigenvalue weighted by atomic mass is 16.6. The van der Waals surface area contributed by atoms with Crippen LogP contribution >= 0.6 is 0 Å². The molecule has 86 valence electrons. The fraction of sp³-hybridized carbons (Fsp3) is 0.900. The Bertz CT molecular complexity index is 239. The fourth-order valence-electron chi connectivity index (χ4n) is 2.29. The highest BCUT2D eigenvalue weighted by Crippen LogP contribution is 2.28. The molecular weight excluding hydrogens is 196 g/mol. The molecule has 2 rings (SSSR count). The molecule has 2 N–H and O–H groups in total. The number of nitrogens with zero attached hydrogens (tertiary/aromatic N) is 1. The summed E-state index contributed by atoms with van der Waals surface area (Å²) in [4.78, 5) is 13.2. The predicted octanol–water partition coefficient (Wildman–Crippen LogP) is -0.0568. The van der Waals surface area contributed by atoms with Gasteiger partial charge in [-0.2, -0.15) is 0 Å². The topological polar surface area (TPSA) is 61.8 Å². The van der Waals surface area contributed by atoms with Gasteiger partial charge in [0.15, 0.2) is 0 Å². The van der Waals surface area contributed by atoms with Crippen LogP contribution in [-0.4, -0.2) is 54.5 Å². The van der Waals surface area contributed by atoms with Gasteiger partial charge in [-0.3, -0.25) is 0 Å². The summed E-state index contributed by atoms with van der Waals surface area (Å²) in [5, 5.41) is 12.0. The lowest BCUT2D eigenvalue weighted by atomic mass is 9.94. The van der Waals surface area contributed by atoms with E-state index < -0.39 is 0 Å². The molecule has 2 saturated heterocycles. The average molecular weight is 214 g/mol. The molecule has 0 saturated carbocycles. The maximum absolute atomic E-state index is 11.5. The lowest BCUT2D eigenvalue weighted by Crippen LogP contribution is -2.48. The molecule has 2 aliphatic rings. The first-order valence-electron chi connectivity index (χ1n) is 5.55. The first kappa shape index (κ1) is 10.7. The van der Waals surface area contributed by atoms with Crippen LogP contribution in [0.1, 0.15) is 19.3 Å². The van der Waals surface area contributed by atoms with Crippen LogP contribution in [0.25, 0.3) is 0 Å². The van der Waals surface area contributed by atoms with Crippen molar-refractivity contribution in [1.29, 1.82) is 0 Å². The lowest BCUT2D eigenvalue weighted by molar-refractivity contribution is 0.0366. The van der Waals surface area contributed by atoms with Crippen molar-refractivity contribution in [3.05, 3.63) is 0 Å². The molecule has 2 heterocycles. The van der Waals surface area contributed by atoms with Gasteiger partial charge in [-0.25, -0.2) is 4.79 Å². The highest BCUT2D eigenvalue weighted by Gasteiger charge is 2.45. The molecule has 0 aliphatic carbocycles. The van der Waals surface area contributed by atoms with Gasteiger partial charge >= 0.3 is 6.09 Å². The van der Waals surface area contributed by atoms with E-state index >= 15 is 0 Å². The molecule has 0 aromatic heterocycles. The summed E-state index contributed by atoms with van der Waals surface area (Å²) in [5.41, 5.74) is -0.301. The van der Waals surface area contributed by atoms with Crippen molar-refractivity contribution in [2.24, 2.45) is 0 Å². The minimum atomic E-state index is -0.301. The Morgan fingerprint density at radius 3 is 3.13 bits per heavy atom. The second-order valence-electron chi connectivity index (χ2n) is 4.33. The number of nitrogens with one attached hydrogen (secondary N) is 1. The number of hydrogen-bond acceptors (Lipinski definition) is 4. The van der Waals surface area contributed by atoms with Crippen molar-refractivity contribution in [2.75, 3.05) is 32.8 Å². The quantitative estimate of drug-likeness (QED) is 0.691. The average Bonchev–Trinajstić information content (AvgIpc) is 2.53. The van der Waals surface area contributed by atoms with Crippen molar-refractivity contribution < 1.29 is 14.6 Å². The molecular formula is C10H18N2O3. The summed E-state index contributed by atoms with van der Waals surface area (Å²) in [6.07, 6.45) is 2.40. The second-order valence-corrected chi connectivity index (χ2v) is 4.33. The van der Waals surface area contributed by atoms with Gasteiger partial charge in [0.05, 0.1) is 6.54 Å². The van der Waals surface area contributed by atoms with Crippen LogP contribution in [-0.2, 0) is 4.74 Å². The van der Waals surface area contributed by atoms with E-state index in [2.05, 4.69) is 5.32 Å². The van der Waals surface area contributed by atoms with E-state index in [1.54, 1.807) is 4.90 Å². The first-order valence-corrected chi connectivity index (χ1v) is 5.55. The van der Waals surface area contributed by atoms with Crippen LogP contribution < -0.4 is 5.32 Å². The Kier molecular flexibility index (Phi) is 3.11. The minimum absolute atomic E-state index is 0.120. The van der Waals surface area contributed by atoms with E-state index in [1.165, 1.54) is 0 Å². The van der Waals surface area contributed by atoms with E-state index in [1.807, 2.05) is 0 Å². The summed E-state index contributed by atoms with van der Waals surface area (Å²) >= 11 is 0. The largest absolute Gasteiger partial charge is 0.440 e. The van der Waals surface area contributed by atoms with E-state index in [0.29, 0.717) is 19.5 Å². The Morgan fingerprint density at radius 2 is 2.47 bits per heavy atom. The summed E-state index contributed by atoms with van der Waals surface area (Å²) in [6.45, 7) is 3.15. The zero-order chi connectivity index (χ0) is 10.7. The van der Waals surface area contributed by atoms with E-state index in [9.17, 15) is 4.79 Å². The number of ether oxygens (including phenoxy) is 1. The van der Waals surface area contributed by atoms with Gasteiger partial charge in [0.25, 0.3) is 0 Å². The van der Waals surface area contributed by atoms with Gasteiger partial charge in [-0.1, -0.05) is 0 Å². The molecule has 15 heavy (non-hydrogen) atoms. The fourth-order valence-corrected chi connectivity index (χ4v) is 2.29. The molecule has 5 nitrogen and oxygen atoms in total. The number of piperidine rings is 1. The van der Waals surface area contributed by atoms with Crippen LogP contribution in [0.4, 0.5) is 4.79 Å². The molecule has 1 spiro atoms. The summed E-state index contributed by atoms with van der Waals surface area (Å²) in [5.74, 6) is 0. The van der Waals surface area contributed by atoms with Crippen molar-refractivity contribution in [3.63, 3.8) is 0 Å². The maximum Gasteiger partial charge on any atom is 0.410 e. The highest BCUT2D eigenvalue weighted by molar-refractivity contribution is 5.70. The second kappa shape index (κ2) is 4.37. The van der Waals surface area contributed by atoms with Crippen LogP contribution in [0.5, 0.6) is 0 Å². The first-order chi connectivity index (χ1) is 7.26. The molecule has 5 heteroatoms. The van der Waals surface area contributed by atoms with Crippen molar-refractivity contribution in [2.45, 2.75) is 24.9 Å². The Labute approximate surface area is 89.4 Å². The van der Waals surface area contributed by atoms with Crippen LogP contribution in [0.3, 0.4) is 0 Å². The summed E-state index contributed by atoms with van der Waals surface area (Å²) in [6, 6.07) is 0. The van der Waals surface area contributed by atoms with Crippen molar-refractivity contribution in [3.8, 4) is 0 Å². The lowest BCUT2D eigenvalue weighted by Gasteiger charge is -2.31. The smallest absolute Gasteiger partial charge is 0.410 e. The normalized spacial score (nSPS) is 31.0. The van der Waals surface area contributed by atoms with Gasteiger partial charge in [-0.05, 0) is 25.8 Å². The molecule has 1 atom stereocenters. The molecule has 0 aromatic carbocycles. The monoisotopic (exact) mass is 214 g/mol. The number of hydrogen-bond donors (Lipinski definition) is 2. The molecule has 1 unspecified atom stereocenters. The number of carbonyl (C=O) groups excluding carboxylic acids is 1. The Balaban J connectivity index is 1.92.